The van der Waals surface area contributed by atoms with Crippen molar-refractivity contribution in [3.63, 3.8) is 0 Å². The molecule has 1 N–H and O–H groups in total. The molecule has 36 heavy (non-hydrogen) atoms. The molecule has 192 valence electrons. The average molecular weight is 511 g/mol. The van der Waals surface area contributed by atoms with Crippen LogP contribution < -0.4 is 10.3 Å². The predicted molar refractivity (Wildman–Crippen MR) is 143 cm³/mol. The third-order valence-corrected chi connectivity index (χ3v) is 6.73. The van der Waals surface area contributed by atoms with Crippen LogP contribution in [-0.2, 0) is 13.1 Å². The SMILES string of the molecule is CCCCOc1c(CN(C(=O)O)C(C)(C)C)n(CC(C)C)c(=O)c2ccc(-c3nc(C#N)cs3)cc12. The minimum Gasteiger partial charge on any atom is -0.491 e. The zero-order valence-electron chi connectivity index (χ0n) is 21.8. The fourth-order valence-corrected chi connectivity index (χ4v) is 4.73. The predicted octanol–water partition coefficient (Wildman–Crippen LogP) is 6.11. The van der Waals surface area contributed by atoms with Gasteiger partial charge in [-0.05, 0) is 45.2 Å². The number of fused-ring (bicyclic) bond motifs is 1. The van der Waals surface area contributed by atoms with Crippen molar-refractivity contribution < 1.29 is 14.6 Å². The number of hydrogen-bond acceptors (Lipinski definition) is 6. The number of amides is 1. The Morgan fingerprint density at radius 2 is 2.03 bits per heavy atom. The number of carboxylic acid groups (broad SMARTS) is 1. The summed E-state index contributed by atoms with van der Waals surface area (Å²) in [5, 5.41) is 22.7. The van der Waals surface area contributed by atoms with Gasteiger partial charge >= 0.3 is 6.09 Å². The van der Waals surface area contributed by atoms with Crippen LogP contribution in [0, 0.1) is 17.2 Å². The number of aromatic nitrogens is 2. The first-order chi connectivity index (χ1) is 17.0. The van der Waals surface area contributed by atoms with Crippen molar-refractivity contribution in [2.75, 3.05) is 6.61 Å². The average Bonchev–Trinajstić information content (AvgIpc) is 3.29. The van der Waals surface area contributed by atoms with Gasteiger partial charge in [0.15, 0.2) is 5.69 Å². The minimum atomic E-state index is -1.06. The highest BCUT2D eigenvalue weighted by molar-refractivity contribution is 7.13. The number of nitriles is 1. The highest BCUT2D eigenvalue weighted by Gasteiger charge is 2.30. The molecule has 3 aromatic rings. The van der Waals surface area contributed by atoms with E-state index in [1.807, 2.05) is 46.8 Å². The van der Waals surface area contributed by atoms with E-state index in [1.165, 1.54) is 16.2 Å². The van der Waals surface area contributed by atoms with Crippen LogP contribution in [0.3, 0.4) is 0 Å². The van der Waals surface area contributed by atoms with Crippen LogP contribution >= 0.6 is 11.3 Å². The van der Waals surface area contributed by atoms with Gasteiger partial charge in [0, 0.05) is 28.4 Å². The second kappa shape index (κ2) is 11.1. The van der Waals surface area contributed by atoms with E-state index < -0.39 is 11.6 Å². The fraction of sp³-hybridized carbons (Fsp3) is 0.481. The highest BCUT2D eigenvalue weighted by atomic mass is 32.1. The van der Waals surface area contributed by atoms with Crippen LogP contribution in [-0.4, -0.2) is 37.8 Å². The Morgan fingerprint density at radius 3 is 2.58 bits per heavy atom. The Labute approximate surface area is 215 Å². The van der Waals surface area contributed by atoms with Gasteiger partial charge in [-0.25, -0.2) is 9.78 Å². The molecule has 0 aliphatic rings. The number of carbonyl (C=O) groups is 1. The number of thiazole rings is 1. The molecule has 1 aromatic carbocycles. The Balaban J connectivity index is 2.34. The van der Waals surface area contributed by atoms with E-state index in [1.54, 1.807) is 16.0 Å². The molecule has 1 amide bonds. The summed E-state index contributed by atoms with van der Waals surface area (Å²) in [6.07, 6.45) is 0.694. The normalized spacial score (nSPS) is 11.6. The summed E-state index contributed by atoms with van der Waals surface area (Å²) in [5.41, 5.74) is 0.788. The molecule has 0 bridgehead atoms. The first kappa shape index (κ1) is 27.2. The fourth-order valence-electron chi connectivity index (χ4n) is 3.99. The molecule has 0 spiro atoms. The van der Waals surface area contributed by atoms with E-state index in [9.17, 15) is 20.0 Å². The third kappa shape index (κ3) is 5.88. The number of hydrogen-bond donors (Lipinski definition) is 1. The van der Waals surface area contributed by atoms with E-state index in [0.717, 1.165) is 18.4 Å². The van der Waals surface area contributed by atoms with Crippen molar-refractivity contribution in [3.8, 4) is 22.4 Å². The number of pyridine rings is 1. The van der Waals surface area contributed by atoms with E-state index in [4.69, 9.17) is 4.74 Å². The summed E-state index contributed by atoms with van der Waals surface area (Å²) in [7, 11) is 0. The number of rotatable bonds is 9. The summed E-state index contributed by atoms with van der Waals surface area (Å²) < 4.78 is 8.00. The maximum Gasteiger partial charge on any atom is 0.408 e. The smallest absolute Gasteiger partial charge is 0.408 e. The lowest BCUT2D eigenvalue weighted by Gasteiger charge is -2.34. The van der Waals surface area contributed by atoms with Crippen LogP contribution in [0.15, 0.2) is 28.4 Å². The van der Waals surface area contributed by atoms with Gasteiger partial charge in [0.05, 0.1) is 24.2 Å². The lowest BCUT2D eigenvalue weighted by Crippen LogP contribution is -2.45. The molecule has 0 saturated heterocycles. The first-order valence-electron chi connectivity index (χ1n) is 12.2. The lowest BCUT2D eigenvalue weighted by molar-refractivity contribution is 0.0927. The summed E-state index contributed by atoms with van der Waals surface area (Å²) >= 11 is 1.36. The molecule has 2 heterocycles. The summed E-state index contributed by atoms with van der Waals surface area (Å²) in [4.78, 5) is 31.7. The van der Waals surface area contributed by atoms with Crippen LogP contribution in [0.4, 0.5) is 4.79 Å². The van der Waals surface area contributed by atoms with Crippen LogP contribution in [0.25, 0.3) is 21.3 Å². The Bertz CT molecular complexity index is 1340. The third-order valence-electron chi connectivity index (χ3n) is 5.83. The molecular formula is C27H34N4O4S. The zero-order chi connectivity index (χ0) is 26.6. The molecule has 2 aromatic heterocycles. The summed E-state index contributed by atoms with van der Waals surface area (Å²) in [6, 6.07) is 7.52. The van der Waals surface area contributed by atoms with Crippen molar-refractivity contribution in [2.24, 2.45) is 5.92 Å². The number of nitrogens with zero attached hydrogens (tertiary/aromatic N) is 4. The topological polar surface area (TPSA) is 108 Å². The standard InChI is InChI=1S/C27H34N4O4S/c1-7-8-11-35-23-21-12-18(24-29-19(13-28)16-36-24)9-10-20(21)25(32)30(14-17(2)3)22(23)15-31(26(33)34)27(4,5)6/h9-10,12,16-17H,7-8,11,14-15H2,1-6H3,(H,33,34). The molecular weight excluding hydrogens is 476 g/mol. The van der Waals surface area contributed by atoms with Crippen LogP contribution in [0.5, 0.6) is 5.75 Å². The molecule has 3 rings (SSSR count). The van der Waals surface area contributed by atoms with Crippen molar-refractivity contribution in [1.29, 1.82) is 5.26 Å². The molecule has 0 radical (unpaired) electrons. The largest absolute Gasteiger partial charge is 0.491 e. The molecule has 9 heteroatoms. The zero-order valence-corrected chi connectivity index (χ0v) is 22.6. The molecule has 0 unspecified atom stereocenters. The lowest BCUT2D eigenvalue weighted by atomic mass is 10.0. The Morgan fingerprint density at radius 1 is 1.31 bits per heavy atom. The number of ether oxygens (including phenoxy) is 1. The van der Waals surface area contributed by atoms with Gasteiger partial charge in [-0.2, -0.15) is 5.26 Å². The highest BCUT2D eigenvalue weighted by Crippen LogP contribution is 2.35. The number of benzene rings is 1. The van der Waals surface area contributed by atoms with Crippen LogP contribution in [0.1, 0.15) is 65.8 Å². The quantitative estimate of drug-likeness (QED) is 0.348. The summed E-state index contributed by atoms with van der Waals surface area (Å²) in [5.74, 6) is 0.683. The molecule has 0 atom stereocenters. The second-order valence-corrected chi connectivity index (χ2v) is 11.1. The van der Waals surface area contributed by atoms with Gasteiger partial charge in [-0.3, -0.25) is 9.69 Å². The van der Waals surface area contributed by atoms with Crippen molar-refractivity contribution >= 4 is 28.2 Å². The molecule has 0 aliphatic carbocycles. The van der Waals surface area contributed by atoms with Gasteiger partial charge in [0.2, 0.25) is 0 Å². The Hall–Kier alpha value is -3.38. The van der Waals surface area contributed by atoms with E-state index in [0.29, 0.717) is 46.1 Å². The van der Waals surface area contributed by atoms with Crippen molar-refractivity contribution in [2.45, 2.75) is 73.0 Å². The summed E-state index contributed by atoms with van der Waals surface area (Å²) in [6.45, 7) is 12.5. The van der Waals surface area contributed by atoms with Crippen molar-refractivity contribution in [1.82, 2.24) is 14.5 Å². The van der Waals surface area contributed by atoms with Crippen molar-refractivity contribution in [3.05, 3.63) is 45.3 Å². The minimum absolute atomic E-state index is 0.0122. The first-order valence-corrected chi connectivity index (χ1v) is 13.0. The van der Waals surface area contributed by atoms with Gasteiger partial charge in [0.1, 0.15) is 16.8 Å². The van der Waals surface area contributed by atoms with Gasteiger partial charge < -0.3 is 14.4 Å². The Kier molecular flexibility index (Phi) is 8.41. The maximum absolute atomic E-state index is 13.8. The molecule has 0 saturated carbocycles. The number of unbranched alkanes of at least 4 members (excludes halogenated alkanes) is 1. The molecule has 0 aliphatic heterocycles. The van der Waals surface area contributed by atoms with E-state index in [-0.39, 0.29) is 18.0 Å². The van der Waals surface area contributed by atoms with Gasteiger partial charge in [0.25, 0.3) is 5.56 Å². The van der Waals surface area contributed by atoms with Crippen LogP contribution in [0.2, 0.25) is 0 Å². The van der Waals surface area contributed by atoms with Gasteiger partial charge in [-0.15, -0.1) is 11.3 Å². The van der Waals surface area contributed by atoms with E-state index in [2.05, 4.69) is 18.0 Å². The maximum atomic E-state index is 13.8. The second-order valence-electron chi connectivity index (χ2n) is 10.2. The van der Waals surface area contributed by atoms with E-state index >= 15 is 0 Å². The van der Waals surface area contributed by atoms with Gasteiger partial charge in [-0.1, -0.05) is 33.3 Å². The molecule has 0 fully saturated rings. The molecule has 8 nitrogen and oxygen atoms in total. The monoisotopic (exact) mass is 510 g/mol.